The monoisotopic (exact) mass is 242 g/mol. The Labute approximate surface area is 108 Å². The maximum atomic E-state index is 11.7. The minimum Gasteiger partial charge on any atom is -0.462 e. The molecule has 0 heterocycles. The van der Waals surface area contributed by atoms with Gasteiger partial charge in [0, 0.05) is 0 Å². The van der Waals surface area contributed by atoms with Crippen LogP contribution in [-0.2, 0) is 4.74 Å². The summed E-state index contributed by atoms with van der Waals surface area (Å²) in [5.41, 5.74) is 4.07. The van der Waals surface area contributed by atoms with Crippen LogP contribution in [0.1, 0.15) is 42.6 Å². The third-order valence-corrected chi connectivity index (χ3v) is 3.02. The summed E-state index contributed by atoms with van der Waals surface area (Å²) in [5.74, 6) is 0.226. The molecule has 2 aliphatic rings. The average molecular weight is 242 g/mol. The molecule has 0 spiro atoms. The van der Waals surface area contributed by atoms with Crippen molar-refractivity contribution >= 4 is 5.97 Å². The van der Waals surface area contributed by atoms with Crippen LogP contribution in [0.15, 0.2) is 36.4 Å². The minimum absolute atomic E-state index is 0.248. The highest BCUT2D eigenvalue weighted by atomic mass is 16.5. The molecule has 0 saturated carbocycles. The Morgan fingerprint density at radius 1 is 1.17 bits per heavy atom. The van der Waals surface area contributed by atoms with E-state index in [2.05, 4.69) is 26.0 Å². The number of carbonyl (C=O) groups excluding carboxylic acids is 1. The third-order valence-electron chi connectivity index (χ3n) is 3.02. The molecule has 18 heavy (non-hydrogen) atoms. The Bertz CT molecular complexity index is 529. The molecule has 0 atom stereocenters. The van der Waals surface area contributed by atoms with Crippen LogP contribution in [0.3, 0.4) is 0 Å². The summed E-state index contributed by atoms with van der Waals surface area (Å²) in [6, 6.07) is 12.1. The van der Waals surface area contributed by atoms with E-state index in [4.69, 9.17) is 4.74 Å². The van der Waals surface area contributed by atoms with Crippen molar-refractivity contribution in [1.29, 1.82) is 0 Å². The zero-order chi connectivity index (χ0) is 13.1. The lowest BCUT2D eigenvalue weighted by molar-refractivity contribution is 0.0527. The molecule has 0 aromatic heterocycles. The fourth-order valence-corrected chi connectivity index (χ4v) is 1.99. The largest absolute Gasteiger partial charge is 0.462 e. The first-order valence-corrected chi connectivity index (χ1v) is 6.32. The Morgan fingerprint density at radius 3 is 2.56 bits per heavy atom. The van der Waals surface area contributed by atoms with Crippen molar-refractivity contribution in [2.45, 2.75) is 26.7 Å². The molecule has 0 amide bonds. The molecular weight excluding hydrogens is 224 g/mol. The van der Waals surface area contributed by atoms with Gasteiger partial charge >= 0.3 is 5.97 Å². The van der Waals surface area contributed by atoms with E-state index < -0.39 is 0 Å². The summed E-state index contributed by atoms with van der Waals surface area (Å²) in [4.78, 5) is 11.7. The number of carbonyl (C=O) groups is 1. The molecule has 0 N–H and O–H groups in total. The van der Waals surface area contributed by atoms with E-state index in [1.165, 1.54) is 5.56 Å². The lowest BCUT2D eigenvalue weighted by atomic mass is 10.0. The number of fused-ring (bicyclic) bond motifs is 1. The Balaban J connectivity index is 2.44. The molecule has 0 aromatic carbocycles. The molecule has 2 aliphatic carbocycles. The molecule has 94 valence electrons. The average Bonchev–Trinajstić information content (AvgIpc) is 2.61. The van der Waals surface area contributed by atoms with Crippen molar-refractivity contribution in [3.63, 3.8) is 0 Å². The van der Waals surface area contributed by atoms with Gasteiger partial charge in [-0.1, -0.05) is 38.1 Å². The molecular formula is C16H18O2. The minimum atomic E-state index is -0.248. The normalized spacial score (nSPS) is 10.9. The van der Waals surface area contributed by atoms with Crippen molar-refractivity contribution in [2.75, 3.05) is 6.61 Å². The maximum absolute atomic E-state index is 11.7. The van der Waals surface area contributed by atoms with Gasteiger partial charge in [0.05, 0.1) is 12.2 Å². The van der Waals surface area contributed by atoms with Crippen molar-refractivity contribution in [2.24, 2.45) is 0 Å². The van der Waals surface area contributed by atoms with Crippen LogP contribution in [0.2, 0.25) is 0 Å². The van der Waals surface area contributed by atoms with Gasteiger partial charge < -0.3 is 4.74 Å². The number of esters is 1. The lowest BCUT2D eigenvalue weighted by Crippen LogP contribution is -2.02. The van der Waals surface area contributed by atoms with E-state index in [-0.39, 0.29) is 5.97 Å². The van der Waals surface area contributed by atoms with Crippen molar-refractivity contribution in [3.05, 3.63) is 47.5 Å². The van der Waals surface area contributed by atoms with E-state index in [0.29, 0.717) is 18.1 Å². The zero-order valence-corrected chi connectivity index (χ0v) is 11.1. The number of ether oxygens (including phenoxy) is 1. The van der Waals surface area contributed by atoms with Gasteiger partial charge in [0.1, 0.15) is 0 Å². The molecule has 0 bridgehead atoms. The number of hydrogen-bond donors (Lipinski definition) is 0. The highest BCUT2D eigenvalue weighted by molar-refractivity contribution is 5.94. The van der Waals surface area contributed by atoms with E-state index >= 15 is 0 Å². The van der Waals surface area contributed by atoms with Gasteiger partial charge in [-0.15, -0.1) is 0 Å². The molecule has 2 nitrogen and oxygen atoms in total. The molecule has 2 heteroatoms. The molecule has 0 saturated heterocycles. The highest BCUT2D eigenvalue weighted by Gasteiger charge is 2.13. The second-order valence-electron chi connectivity index (χ2n) is 4.70. The second kappa shape index (κ2) is 5.21. The van der Waals surface area contributed by atoms with Crippen LogP contribution in [0.5, 0.6) is 0 Å². The molecule has 0 aromatic rings. The van der Waals surface area contributed by atoms with E-state index in [1.54, 1.807) is 0 Å². The summed E-state index contributed by atoms with van der Waals surface area (Å²) in [7, 11) is 0. The summed E-state index contributed by atoms with van der Waals surface area (Å²) in [6.45, 7) is 6.55. The van der Waals surface area contributed by atoms with Crippen LogP contribution in [0, 0.1) is 0 Å². The van der Waals surface area contributed by atoms with E-state index in [0.717, 1.165) is 11.1 Å². The first-order chi connectivity index (χ1) is 8.61. The van der Waals surface area contributed by atoms with Crippen LogP contribution >= 0.6 is 0 Å². The van der Waals surface area contributed by atoms with Gasteiger partial charge in [0.25, 0.3) is 0 Å². The molecule has 0 unspecified atom stereocenters. The number of rotatable bonds is 3. The lowest BCUT2D eigenvalue weighted by Gasteiger charge is -2.01. The SMILES string of the molecule is CCOC(=O)c1cc2cccc(C(C)C)cc-2c1. The van der Waals surface area contributed by atoms with Crippen molar-refractivity contribution in [3.8, 4) is 11.1 Å². The predicted molar refractivity (Wildman–Crippen MR) is 73.1 cm³/mol. The standard InChI is InChI=1S/C16H18O2/c1-4-18-16(17)15-9-13-7-5-6-12(11(2)3)8-14(13)10-15/h5-11H,4H2,1-3H3. The molecule has 0 fully saturated rings. The van der Waals surface area contributed by atoms with E-state index in [9.17, 15) is 4.79 Å². The van der Waals surface area contributed by atoms with Crippen molar-refractivity contribution < 1.29 is 9.53 Å². The first kappa shape index (κ1) is 12.6. The predicted octanol–water partition coefficient (Wildman–Crippen LogP) is 4.09. The Morgan fingerprint density at radius 2 is 1.89 bits per heavy atom. The van der Waals surface area contributed by atoms with E-state index in [1.807, 2.05) is 31.2 Å². The Hall–Kier alpha value is -1.83. The van der Waals surface area contributed by atoms with Gasteiger partial charge in [0.15, 0.2) is 0 Å². The van der Waals surface area contributed by atoms with Crippen LogP contribution in [0.25, 0.3) is 11.1 Å². The fourth-order valence-electron chi connectivity index (χ4n) is 1.99. The van der Waals surface area contributed by atoms with Gasteiger partial charge in [-0.2, -0.15) is 0 Å². The summed E-state index contributed by atoms with van der Waals surface area (Å²) in [6.07, 6.45) is 0. The van der Waals surface area contributed by atoms with Crippen molar-refractivity contribution in [1.82, 2.24) is 0 Å². The van der Waals surface area contributed by atoms with Gasteiger partial charge in [-0.25, -0.2) is 4.79 Å². The maximum Gasteiger partial charge on any atom is 0.338 e. The molecule has 0 aliphatic heterocycles. The zero-order valence-electron chi connectivity index (χ0n) is 11.1. The highest BCUT2D eigenvalue weighted by Crippen LogP contribution is 2.28. The van der Waals surface area contributed by atoms with Gasteiger partial charge in [0.2, 0.25) is 0 Å². The van der Waals surface area contributed by atoms with Gasteiger partial charge in [-0.3, -0.25) is 0 Å². The summed E-state index contributed by atoms with van der Waals surface area (Å²) < 4.78 is 5.02. The summed E-state index contributed by atoms with van der Waals surface area (Å²) in [5, 5.41) is 0. The third kappa shape index (κ3) is 2.53. The number of hydrogen-bond acceptors (Lipinski definition) is 2. The second-order valence-corrected chi connectivity index (χ2v) is 4.70. The van der Waals surface area contributed by atoms with Crippen LogP contribution < -0.4 is 0 Å². The van der Waals surface area contributed by atoms with Crippen LogP contribution in [-0.4, -0.2) is 12.6 Å². The smallest absolute Gasteiger partial charge is 0.338 e. The fraction of sp³-hybridized carbons (Fsp3) is 0.312. The van der Waals surface area contributed by atoms with Crippen LogP contribution in [0.4, 0.5) is 0 Å². The topological polar surface area (TPSA) is 26.3 Å². The Kier molecular flexibility index (Phi) is 3.66. The van der Waals surface area contributed by atoms with Gasteiger partial charge in [-0.05, 0) is 41.7 Å². The quantitative estimate of drug-likeness (QED) is 0.758. The molecule has 0 radical (unpaired) electrons. The molecule has 2 rings (SSSR count). The summed E-state index contributed by atoms with van der Waals surface area (Å²) >= 11 is 0. The first-order valence-electron chi connectivity index (χ1n) is 6.32.